The molecule has 1 unspecified atom stereocenters. The molecule has 1 fully saturated rings. The molecule has 132 valence electrons. The van der Waals surface area contributed by atoms with Crippen LogP contribution in [0.2, 0.25) is 0 Å². The average molecular weight is 346 g/mol. The number of hydrogen-bond donors (Lipinski definition) is 1. The smallest absolute Gasteiger partial charge is 0.406 e. The second kappa shape index (κ2) is 6.67. The minimum Gasteiger partial charge on any atom is -0.406 e. The van der Waals surface area contributed by atoms with E-state index in [-0.39, 0.29) is 30.7 Å². The number of aliphatic hydroxyl groups is 1. The van der Waals surface area contributed by atoms with Crippen molar-refractivity contribution in [3.63, 3.8) is 0 Å². The zero-order valence-corrected chi connectivity index (χ0v) is 15.2. The van der Waals surface area contributed by atoms with E-state index in [1.807, 2.05) is 6.92 Å². The Bertz CT molecular complexity index is 535. The highest BCUT2D eigenvalue weighted by Crippen LogP contribution is 2.59. The number of fused-ring (bicyclic) bond motifs is 1. The van der Waals surface area contributed by atoms with Gasteiger partial charge < -0.3 is 9.63 Å². The van der Waals surface area contributed by atoms with E-state index in [9.17, 15) is 14.5 Å². The van der Waals surface area contributed by atoms with Gasteiger partial charge in [-0.2, -0.15) is 0 Å². The first kappa shape index (κ1) is 18.7. The first-order valence-corrected chi connectivity index (χ1v) is 9.70. The third-order valence-electron chi connectivity index (χ3n) is 4.92. The molecule has 0 saturated heterocycles. The first-order valence-electron chi connectivity index (χ1n) is 8.24. The summed E-state index contributed by atoms with van der Waals surface area (Å²) in [4.78, 5) is 12.1. The summed E-state index contributed by atoms with van der Waals surface area (Å²) in [5.41, 5.74) is -1.93. The molecule has 0 heterocycles. The molecule has 6 nitrogen and oxygen atoms in total. The Kier molecular flexibility index (Phi) is 5.41. The Balaban J connectivity index is 2.40. The van der Waals surface area contributed by atoms with Crippen LogP contribution in [-0.2, 0) is 22.9 Å². The Morgan fingerprint density at radius 1 is 1.39 bits per heavy atom. The van der Waals surface area contributed by atoms with E-state index in [1.165, 1.54) is 6.92 Å². The van der Waals surface area contributed by atoms with Gasteiger partial charge in [0.1, 0.15) is 17.1 Å². The summed E-state index contributed by atoms with van der Waals surface area (Å²) in [5, 5.41) is 11.0. The molecule has 1 N–H and O–H groups in total. The molecule has 2 aliphatic carbocycles. The van der Waals surface area contributed by atoms with E-state index in [2.05, 4.69) is 0 Å². The maximum Gasteiger partial charge on any atom is 0.529 e. The Hall–Kier alpha value is -0.680. The van der Waals surface area contributed by atoms with Crippen LogP contribution in [0.25, 0.3) is 0 Å². The molecular formula is C16H27O6P. The van der Waals surface area contributed by atoms with Gasteiger partial charge in [0.05, 0.1) is 13.2 Å². The number of carbonyl (C=O) groups is 1. The molecule has 7 heteroatoms. The molecule has 2 rings (SSSR count). The number of Topliss-reactive ketones (excluding diaryl/α,β-unsaturated/α-hetero) is 1. The van der Waals surface area contributed by atoms with Gasteiger partial charge in [0, 0.05) is 5.41 Å². The van der Waals surface area contributed by atoms with Crippen molar-refractivity contribution in [2.24, 2.45) is 11.3 Å². The second-order valence-corrected chi connectivity index (χ2v) is 8.17. The Morgan fingerprint density at radius 3 is 2.52 bits per heavy atom. The van der Waals surface area contributed by atoms with Crippen molar-refractivity contribution < 1.29 is 28.0 Å². The number of allylic oxidation sites excluding steroid dienone is 1. The molecule has 0 radical (unpaired) electrons. The highest BCUT2D eigenvalue weighted by molar-refractivity contribution is 7.48. The molecule has 0 aromatic heterocycles. The van der Waals surface area contributed by atoms with Gasteiger partial charge in [-0.1, -0.05) is 0 Å². The summed E-state index contributed by atoms with van der Waals surface area (Å²) in [7, 11) is -3.81. The van der Waals surface area contributed by atoms with Crippen molar-refractivity contribution in [2.45, 2.75) is 59.0 Å². The molecule has 2 aliphatic rings. The van der Waals surface area contributed by atoms with Gasteiger partial charge in [0.2, 0.25) is 0 Å². The highest BCUT2D eigenvalue weighted by Gasteiger charge is 2.54. The van der Waals surface area contributed by atoms with Gasteiger partial charge in [-0.15, -0.1) is 0 Å². The fourth-order valence-electron chi connectivity index (χ4n) is 3.52. The highest BCUT2D eigenvalue weighted by atomic mass is 31.2. The monoisotopic (exact) mass is 346 g/mol. The molecule has 0 aliphatic heterocycles. The van der Waals surface area contributed by atoms with Crippen molar-refractivity contribution in [2.75, 3.05) is 13.2 Å². The van der Waals surface area contributed by atoms with E-state index < -0.39 is 18.8 Å². The van der Waals surface area contributed by atoms with Crippen LogP contribution >= 0.6 is 7.82 Å². The quantitative estimate of drug-likeness (QED) is 0.709. The van der Waals surface area contributed by atoms with E-state index in [1.54, 1.807) is 19.9 Å². The predicted molar refractivity (Wildman–Crippen MR) is 85.7 cm³/mol. The standard InChI is InChI=1S/C16H27O6P/c1-5-20-23(19,21-6-2)22-14-11-15(4,12(3)17)10-13-8-7-9-16(13,14)18/h11,13,18H,5-10H2,1-4H3/t13-,15?,16-/m1/s1. The average Bonchev–Trinajstić information content (AvgIpc) is 2.81. The van der Waals surface area contributed by atoms with Gasteiger partial charge in [-0.05, 0) is 65.4 Å². The maximum atomic E-state index is 12.7. The fraction of sp³-hybridized carbons (Fsp3) is 0.812. The Morgan fingerprint density at radius 2 is 2.00 bits per heavy atom. The number of ketones is 1. The van der Waals surface area contributed by atoms with E-state index in [0.29, 0.717) is 12.8 Å². The lowest BCUT2D eigenvalue weighted by Crippen LogP contribution is -2.45. The van der Waals surface area contributed by atoms with Crippen LogP contribution in [0.3, 0.4) is 0 Å². The minimum atomic E-state index is -3.81. The van der Waals surface area contributed by atoms with E-state index in [0.717, 1.165) is 12.8 Å². The van der Waals surface area contributed by atoms with Crippen LogP contribution in [0.15, 0.2) is 11.8 Å². The van der Waals surface area contributed by atoms with Gasteiger partial charge in [-0.3, -0.25) is 13.8 Å². The number of phosphoric acid groups is 1. The SMILES string of the molecule is CCOP(=O)(OCC)OC1=CC(C)(C(C)=O)C[C@H]2CCC[C@]12O. The normalized spacial score (nSPS) is 34.0. The van der Waals surface area contributed by atoms with Crippen molar-refractivity contribution in [3.05, 3.63) is 11.8 Å². The van der Waals surface area contributed by atoms with Gasteiger partial charge in [-0.25, -0.2) is 4.57 Å². The van der Waals surface area contributed by atoms with Crippen molar-refractivity contribution in [1.29, 1.82) is 0 Å². The van der Waals surface area contributed by atoms with Crippen molar-refractivity contribution in [3.8, 4) is 0 Å². The zero-order valence-electron chi connectivity index (χ0n) is 14.3. The molecular weight excluding hydrogens is 319 g/mol. The van der Waals surface area contributed by atoms with Crippen LogP contribution in [0.5, 0.6) is 0 Å². The minimum absolute atomic E-state index is 0.00444. The third-order valence-corrected chi connectivity index (χ3v) is 6.49. The zero-order chi connectivity index (χ0) is 17.3. The Labute approximate surface area is 137 Å². The molecule has 23 heavy (non-hydrogen) atoms. The lowest BCUT2D eigenvalue weighted by atomic mass is 9.67. The number of phosphoric ester groups is 1. The van der Waals surface area contributed by atoms with Gasteiger partial charge >= 0.3 is 7.82 Å². The number of hydrogen-bond acceptors (Lipinski definition) is 6. The van der Waals surface area contributed by atoms with Crippen LogP contribution in [0, 0.1) is 11.3 Å². The summed E-state index contributed by atoms with van der Waals surface area (Å²) in [6, 6.07) is 0. The summed E-state index contributed by atoms with van der Waals surface area (Å²) in [6.07, 6.45) is 4.36. The van der Waals surface area contributed by atoms with Crippen molar-refractivity contribution >= 4 is 13.6 Å². The fourth-order valence-corrected chi connectivity index (χ4v) is 4.78. The lowest BCUT2D eigenvalue weighted by molar-refractivity contribution is -0.126. The molecule has 3 atom stereocenters. The van der Waals surface area contributed by atoms with Crippen molar-refractivity contribution in [1.82, 2.24) is 0 Å². The topological polar surface area (TPSA) is 82.1 Å². The maximum absolute atomic E-state index is 12.7. The van der Waals surface area contributed by atoms with Crippen LogP contribution in [0.4, 0.5) is 0 Å². The third kappa shape index (κ3) is 3.55. The van der Waals surface area contributed by atoms with Crippen LogP contribution < -0.4 is 0 Å². The summed E-state index contributed by atoms with van der Waals surface area (Å²) in [5.74, 6) is 0.0671. The van der Waals surface area contributed by atoms with E-state index in [4.69, 9.17) is 13.6 Å². The number of rotatable bonds is 7. The first-order chi connectivity index (χ1) is 10.7. The molecule has 0 aromatic rings. The van der Waals surface area contributed by atoms with Crippen LogP contribution in [0.1, 0.15) is 53.4 Å². The summed E-state index contributed by atoms with van der Waals surface area (Å²) < 4.78 is 28.6. The number of carbonyl (C=O) groups excluding carboxylic acids is 1. The molecule has 0 spiro atoms. The lowest BCUT2D eigenvalue weighted by Gasteiger charge is -2.42. The van der Waals surface area contributed by atoms with Gasteiger partial charge in [0.25, 0.3) is 0 Å². The van der Waals surface area contributed by atoms with Gasteiger partial charge in [0.15, 0.2) is 0 Å². The predicted octanol–water partition coefficient (Wildman–Crippen LogP) is 3.60. The summed E-state index contributed by atoms with van der Waals surface area (Å²) in [6.45, 7) is 7.06. The van der Waals surface area contributed by atoms with E-state index >= 15 is 0 Å². The second-order valence-electron chi connectivity index (χ2n) is 6.57. The molecule has 0 bridgehead atoms. The summed E-state index contributed by atoms with van der Waals surface area (Å²) >= 11 is 0. The molecule has 1 saturated carbocycles. The largest absolute Gasteiger partial charge is 0.529 e. The molecule has 0 amide bonds. The molecule has 0 aromatic carbocycles. The van der Waals surface area contributed by atoms with Crippen LogP contribution in [-0.4, -0.2) is 29.7 Å².